The van der Waals surface area contributed by atoms with Gasteiger partial charge in [0.25, 0.3) is 0 Å². The molecule has 0 radical (unpaired) electrons. The zero-order valence-electron chi connectivity index (χ0n) is 16.7. The van der Waals surface area contributed by atoms with Crippen LogP contribution in [-0.4, -0.2) is 27.7 Å². The molecule has 0 aliphatic carbocycles. The van der Waals surface area contributed by atoms with Gasteiger partial charge < -0.3 is 10.1 Å². The Morgan fingerprint density at radius 1 is 1.21 bits per heavy atom. The average Bonchev–Trinajstić information content (AvgIpc) is 2.65. The Balaban J connectivity index is 2.35. The molecule has 2 aromatic rings. The molecule has 0 aromatic heterocycles. The van der Waals surface area contributed by atoms with Crippen LogP contribution in [-0.2, 0) is 14.8 Å². The first kappa shape index (κ1) is 22.3. The van der Waals surface area contributed by atoms with Crippen molar-refractivity contribution in [3.05, 3.63) is 47.5 Å². The van der Waals surface area contributed by atoms with Crippen molar-refractivity contribution in [3.8, 4) is 5.75 Å². The molecule has 2 aromatic carbocycles. The minimum atomic E-state index is -3.77. The van der Waals surface area contributed by atoms with Crippen LogP contribution < -0.4 is 14.8 Å². The summed E-state index contributed by atoms with van der Waals surface area (Å²) < 4.78 is 34.0. The summed E-state index contributed by atoms with van der Waals surface area (Å²) in [4.78, 5) is 12.3. The maximum atomic E-state index is 13.0. The second-order valence-electron chi connectivity index (χ2n) is 6.35. The van der Waals surface area contributed by atoms with E-state index >= 15 is 0 Å². The number of methoxy groups -OCH3 is 1. The molecule has 0 aliphatic heterocycles. The van der Waals surface area contributed by atoms with Crippen molar-refractivity contribution in [1.82, 2.24) is 4.72 Å². The summed E-state index contributed by atoms with van der Waals surface area (Å²) in [6, 6.07) is 9.98. The predicted molar refractivity (Wildman–Crippen MR) is 114 cm³/mol. The maximum absolute atomic E-state index is 13.0. The van der Waals surface area contributed by atoms with Gasteiger partial charge in [-0.1, -0.05) is 19.1 Å². The van der Waals surface area contributed by atoms with E-state index in [4.69, 9.17) is 4.74 Å². The zero-order valence-corrected chi connectivity index (χ0v) is 18.3. The third kappa shape index (κ3) is 5.27. The van der Waals surface area contributed by atoms with E-state index in [1.54, 1.807) is 19.2 Å². The molecule has 0 unspecified atom stereocenters. The van der Waals surface area contributed by atoms with Crippen LogP contribution in [0.3, 0.4) is 0 Å². The predicted octanol–water partition coefficient (Wildman–Crippen LogP) is 4.11. The smallest absolute Gasteiger partial charge is 0.241 e. The summed E-state index contributed by atoms with van der Waals surface area (Å²) >= 11 is 1.44. The Bertz CT molecular complexity index is 959. The molecule has 8 heteroatoms. The quantitative estimate of drug-likeness (QED) is 0.625. The van der Waals surface area contributed by atoms with E-state index in [-0.39, 0.29) is 16.8 Å². The fraction of sp³-hybridized carbons (Fsp3) is 0.350. The summed E-state index contributed by atoms with van der Waals surface area (Å²) in [5, 5.41) is 2.69. The topological polar surface area (TPSA) is 84.5 Å². The van der Waals surface area contributed by atoms with E-state index in [2.05, 4.69) is 10.0 Å². The number of anilines is 1. The number of hydrogen-bond acceptors (Lipinski definition) is 5. The monoisotopic (exact) mass is 422 g/mol. The fourth-order valence-electron chi connectivity index (χ4n) is 2.90. The molecule has 2 rings (SSSR count). The zero-order chi connectivity index (χ0) is 20.9. The lowest BCUT2D eigenvalue weighted by atomic mass is 10.0. The van der Waals surface area contributed by atoms with Crippen molar-refractivity contribution in [2.75, 3.05) is 18.7 Å². The van der Waals surface area contributed by atoms with Gasteiger partial charge in [0.1, 0.15) is 5.75 Å². The SMILES string of the molecule is CC[C@H](NS(=O)(=O)c1ccc(SC)c(NC(C)=O)c1)c1ccc(OC)c(C)c1. The van der Waals surface area contributed by atoms with Crippen molar-refractivity contribution >= 4 is 33.4 Å². The lowest BCUT2D eigenvalue weighted by Crippen LogP contribution is -2.28. The van der Waals surface area contributed by atoms with Crippen LogP contribution in [0.2, 0.25) is 0 Å². The molecule has 0 bridgehead atoms. The number of aryl methyl sites for hydroxylation is 1. The Labute approximate surface area is 171 Å². The largest absolute Gasteiger partial charge is 0.496 e. The van der Waals surface area contributed by atoms with E-state index in [0.717, 1.165) is 21.8 Å². The third-order valence-corrected chi connectivity index (χ3v) is 6.58. The van der Waals surface area contributed by atoms with Crippen LogP contribution >= 0.6 is 11.8 Å². The molecule has 0 fully saturated rings. The number of nitrogens with one attached hydrogen (secondary N) is 2. The number of ether oxygens (including phenoxy) is 1. The number of sulfonamides is 1. The minimum absolute atomic E-state index is 0.109. The Kier molecular flexibility index (Phi) is 7.51. The van der Waals surface area contributed by atoms with Gasteiger partial charge in [0.2, 0.25) is 15.9 Å². The standard InChI is InChI=1S/C20H26N2O4S2/c1-6-17(15-7-9-19(26-4)13(2)11-15)22-28(24,25)16-8-10-20(27-5)18(12-16)21-14(3)23/h7-12,17,22H,6H2,1-5H3,(H,21,23)/t17-/m0/s1. The van der Waals surface area contributed by atoms with Crippen LogP contribution in [0.4, 0.5) is 5.69 Å². The Morgan fingerprint density at radius 3 is 2.46 bits per heavy atom. The van der Waals surface area contributed by atoms with Crippen LogP contribution in [0.1, 0.15) is 37.4 Å². The molecular formula is C20H26N2O4S2. The first-order valence-electron chi connectivity index (χ1n) is 8.84. The Hall–Kier alpha value is -2.03. The highest BCUT2D eigenvalue weighted by molar-refractivity contribution is 7.98. The highest BCUT2D eigenvalue weighted by atomic mass is 32.2. The van der Waals surface area contributed by atoms with Gasteiger partial charge in [-0.25, -0.2) is 13.1 Å². The van der Waals surface area contributed by atoms with Gasteiger partial charge in [0.15, 0.2) is 0 Å². The number of benzene rings is 2. The van der Waals surface area contributed by atoms with Gasteiger partial charge in [0, 0.05) is 17.9 Å². The molecule has 6 nitrogen and oxygen atoms in total. The highest BCUT2D eigenvalue weighted by Crippen LogP contribution is 2.30. The van der Waals surface area contributed by atoms with Crippen LogP contribution in [0.5, 0.6) is 5.75 Å². The van der Waals surface area contributed by atoms with Crippen LogP contribution in [0, 0.1) is 6.92 Å². The van der Waals surface area contributed by atoms with Crippen molar-refractivity contribution in [2.24, 2.45) is 0 Å². The summed E-state index contributed by atoms with van der Waals surface area (Å²) in [6.07, 6.45) is 2.46. The molecule has 152 valence electrons. The van der Waals surface area contributed by atoms with Gasteiger partial charge in [-0.15, -0.1) is 11.8 Å². The number of hydrogen-bond donors (Lipinski definition) is 2. The minimum Gasteiger partial charge on any atom is -0.496 e. The van der Waals surface area contributed by atoms with Gasteiger partial charge in [-0.05, 0) is 55.0 Å². The van der Waals surface area contributed by atoms with Crippen molar-refractivity contribution in [3.63, 3.8) is 0 Å². The normalized spacial score (nSPS) is 12.5. The molecule has 0 heterocycles. The number of rotatable bonds is 8. The summed E-state index contributed by atoms with van der Waals surface area (Å²) in [5.74, 6) is 0.506. The number of thioether (sulfide) groups is 1. The Morgan fingerprint density at radius 2 is 1.93 bits per heavy atom. The molecule has 2 N–H and O–H groups in total. The first-order valence-corrected chi connectivity index (χ1v) is 11.5. The summed E-state index contributed by atoms with van der Waals surface area (Å²) in [5.41, 5.74) is 2.29. The molecule has 0 spiro atoms. The lowest BCUT2D eigenvalue weighted by molar-refractivity contribution is -0.114. The van der Waals surface area contributed by atoms with Crippen molar-refractivity contribution < 1.29 is 17.9 Å². The van der Waals surface area contributed by atoms with E-state index < -0.39 is 10.0 Å². The van der Waals surface area contributed by atoms with Crippen molar-refractivity contribution in [2.45, 2.75) is 43.0 Å². The molecule has 0 saturated carbocycles. The van der Waals surface area contributed by atoms with Gasteiger partial charge in [-0.3, -0.25) is 4.79 Å². The van der Waals surface area contributed by atoms with Crippen LogP contribution in [0.15, 0.2) is 46.2 Å². The molecule has 0 aliphatic rings. The third-order valence-electron chi connectivity index (χ3n) is 4.32. The lowest BCUT2D eigenvalue weighted by Gasteiger charge is -2.19. The molecule has 1 amide bonds. The van der Waals surface area contributed by atoms with E-state index in [0.29, 0.717) is 12.1 Å². The molecule has 28 heavy (non-hydrogen) atoms. The fourth-order valence-corrected chi connectivity index (χ4v) is 4.77. The van der Waals surface area contributed by atoms with Gasteiger partial charge >= 0.3 is 0 Å². The maximum Gasteiger partial charge on any atom is 0.241 e. The molecule has 0 saturated heterocycles. The molecule has 1 atom stereocenters. The van der Waals surface area contributed by atoms with Crippen molar-refractivity contribution in [1.29, 1.82) is 0 Å². The highest BCUT2D eigenvalue weighted by Gasteiger charge is 2.22. The number of amides is 1. The van der Waals surface area contributed by atoms with Gasteiger partial charge in [0.05, 0.1) is 17.7 Å². The number of carbonyl (C=O) groups is 1. The molecular weight excluding hydrogens is 396 g/mol. The van der Waals surface area contributed by atoms with E-state index in [1.807, 2.05) is 38.3 Å². The van der Waals surface area contributed by atoms with Crippen LogP contribution in [0.25, 0.3) is 0 Å². The summed E-state index contributed by atoms with van der Waals surface area (Å²) in [7, 11) is -2.17. The van der Waals surface area contributed by atoms with Gasteiger partial charge in [-0.2, -0.15) is 0 Å². The average molecular weight is 423 g/mol. The van der Waals surface area contributed by atoms with E-state index in [9.17, 15) is 13.2 Å². The number of carbonyl (C=O) groups excluding carboxylic acids is 1. The second kappa shape index (κ2) is 9.45. The second-order valence-corrected chi connectivity index (χ2v) is 8.92. The summed E-state index contributed by atoms with van der Waals surface area (Å²) in [6.45, 7) is 5.24. The van der Waals surface area contributed by atoms with E-state index in [1.165, 1.54) is 24.8 Å². The first-order chi connectivity index (χ1) is 13.2.